The lowest BCUT2D eigenvalue weighted by molar-refractivity contribution is 0.0602. The van der Waals surface area contributed by atoms with Gasteiger partial charge in [-0.2, -0.15) is 0 Å². The van der Waals surface area contributed by atoms with Crippen molar-refractivity contribution in [2.24, 2.45) is 5.92 Å². The van der Waals surface area contributed by atoms with Crippen molar-refractivity contribution in [3.05, 3.63) is 15.8 Å². The number of rotatable bonds is 5. The standard InChI is InChI=1S/C14H22N2O4S2/c1-9-8-21-12(14(17)20-3)13(9)22(18,19)16-10(2)11-5-4-6-15-7-11/h8,10-11,15-16H,4-7H2,1-3H3/t10-,11-/m0/s1. The van der Waals surface area contributed by atoms with Crippen LogP contribution in [0.3, 0.4) is 0 Å². The third kappa shape index (κ3) is 3.68. The van der Waals surface area contributed by atoms with E-state index in [1.54, 1.807) is 12.3 Å². The maximum atomic E-state index is 12.7. The summed E-state index contributed by atoms with van der Waals surface area (Å²) in [6.45, 7) is 5.33. The topological polar surface area (TPSA) is 84.5 Å². The van der Waals surface area contributed by atoms with E-state index in [4.69, 9.17) is 0 Å². The second-order valence-corrected chi connectivity index (χ2v) is 8.12. The van der Waals surface area contributed by atoms with Crippen molar-refractivity contribution in [2.75, 3.05) is 20.2 Å². The Kier molecular flexibility index (Phi) is 5.60. The molecule has 2 N–H and O–H groups in total. The van der Waals surface area contributed by atoms with E-state index in [2.05, 4.69) is 14.8 Å². The van der Waals surface area contributed by atoms with Crippen molar-refractivity contribution < 1.29 is 17.9 Å². The molecule has 0 saturated carbocycles. The van der Waals surface area contributed by atoms with E-state index in [0.29, 0.717) is 5.56 Å². The highest BCUT2D eigenvalue weighted by Crippen LogP contribution is 2.28. The fraction of sp³-hybridized carbons (Fsp3) is 0.643. The van der Waals surface area contributed by atoms with Crippen molar-refractivity contribution in [1.82, 2.24) is 10.0 Å². The molecule has 6 nitrogen and oxygen atoms in total. The minimum Gasteiger partial charge on any atom is -0.465 e. The lowest BCUT2D eigenvalue weighted by Crippen LogP contribution is -2.44. The van der Waals surface area contributed by atoms with Crippen LogP contribution in [-0.2, 0) is 14.8 Å². The van der Waals surface area contributed by atoms with E-state index in [1.165, 1.54) is 7.11 Å². The first-order chi connectivity index (χ1) is 10.4. The number of sulfonamides is 1. The van der Waals surface area contributed by atoms with Crippen LogP contribution in [0.25, 0.3) is 0 Å². The maximum Gasteiger partial charge on any atom is 0.349 e. The Bertz CT molecular complexity index is 633. The summed E-state index contributed by atoms with van der Waals surface area (Å²) in [5.41, 5.74) is 0.562. The smallest absolute Gasteiger partial charge is 0.349 e. The van der Waals surface area contributed by atoms with Gasteiger partial charge in [-0.05, 0) is 56.6 Å². The fourth-order valence-corrected chi connectivity index (χ4v) is 5.72. The van der Waals surface area contributed by atoms with Gasteiger partial charge in [0.2, 0.25) is 10.0 Å². The highest BCUT2D eigenvalue weighted by Gasteiger charge is 2.31. The molecule has 0 spiro atoms. The molecule has 0 bridgehead atoms. The van der Waals surface area contributed by atoms with Gasteiger partial charge >= 0.3 is 5.97 Å². The van der Waals surface area contributed by atoms with E-state index in [-0.39, 0.29) is 21.7 Å². The van der Waals surface area contributed by atoms with Crippen LogP contribution in [-0.4, -0.2) is 40.6 Å². The number of ether oxygens (including phenoxy) is 1. The molecular weight excluding hydrogens is 324 g/mol. The molecule has 1 aromatic heterocycles. The van der Waals surface area contributed by atoms with Gasteiger partial charge in [0.25, 0.3) is 0 Å². The summed E-state index contributed by atoms with van der Waals surface area (Å²) < 4.78 is 32.7. The van der Waals surface area contributed by atoms with Crippen molar-refractivity contribution in [2.45, 2.75) is 37.6 Å². The number of carbonyl (C=O) groups excluding carboxylic acids is 1. The van der Waals surface area contributed by atoms with Gasteiger partial charge in [0.05, 0.1) is 7.11 Å². The molecule has 0 radical (unpaired) electrons. The third-order valence-corrected chi connectivity index (χ3v) is 6.89. The molecule has 124 valence electrons. The second-order valence-electron chi connectivity index (χ2n) is 5.58. The summed E-state index contributed by atoms with van der Waals surface area (Å²) in [5, 5.41) is 4.94. The number of piperidine rings is 1. The summed E-state index contributed by atoms with van der Waals surface area (Å²) in [7, 11) is -2.50. The zero-order valence-corrected chi connectivity index (χ0v) is 14.6. The molecule has 1 aliphatic heterocycles. The van der Waals surface area contributed by atoms with Crippen LogP contribution in [0.5, 0.6) is 0 Å². The van der Waals surface area contributed by atoms with Crippen molar-refractivity contribution in [1.29, 1.82) is 0 Å². The lowest BCUT2D eigenvalue weighted by atomic mass is 9.94. The molecule has 0 aromatic carbocycles. The summed E-state index contributed by atoms with van der Waals surface area (Å²) >= 11 is 1.09. The first-order valence-electron chi connectivity index (χ1n) is 7.26. The van der Waals surface area contributed by atoms with Crippen LogP contribution in [0.15, 0.2) is 10.3 Å². The summed E-state index contributed by atoms with van der Waals surface area (Å²) in [5.74, 6) is -0.366. The van der Waals surface area contributed by atoms with Gasteiger partial charge in [-0.3, -0.25) is 0 Å². The SMILES string of the molecule is COC(=O)c1scc(C)c1S(=O)(=O)N[C@@H](C)[C@H]1CCCNC1. The van der Waals surface area contributed by atoms with Gasteiger partial charge < -0.3 is 10.1 Å². The van der Waals surface area contributed by atoms with E-state index < -0.39 is 16.0 Å². The quantitative estimate of drug-likeness (QED) is 0.790. The van der Waals surface area contributed by atoms with Crippen LogP contribution in [0.2, 0.25) is 0 Å². The molecule has 2 rings (SSSR count). The van der Waals surface area contributed by atoms with Crippen molar-refractivity contribution in [3.8, 4) is 0 Å². The first kappa shape index (κ1) is 17.4. The minimum absolute atomic E-state index is 0.0416. The molecule has 22 heavy (non-hydrogen) atoms. The number of esters is 1. The second kappa shape index (κ2) is 7.08. The molecule has 1 aromatic rings. The van der Waals surface area contributed by atoms with Gasteiger partial charge in [0, 0.05) is 6.04 Å². The molecule has 0 amide bonds. The lowest BCUT2D eigenvalue weighted by Gasteiger charge is -2.28. The van der Waals surface area contributed by atoms with E-state index in [0.717, 1.165) is 37.3 Å². The van der Waals surface area contributed by atoms with Gasteiger partial charge in [-0.1, -0.05) is 0 Å². The summed E-state index contributed by atoms with van der Waals surface area (Å²) in [6, 6.07) is -0.192. The van der Waals surface area contributed by atoms with Gasteiger partial charge in [-0.25, -0.2) is 17.9 Å². The highest BCUT2D eigenvalue weighted by molar-refractivity contribution is 7.89. The maximum absolute atomic E-state index is 12.7. The number of hydrogen-bond acceptors (Lipinski definition) is 6. The molecular formula is C14H22N2O4S2. The Morgan fingerprint density at radius 1 is 1.55 bits per heavy atom. The Hall–Kier alpha value is -0.960. The first-order valence-corrected chi connectivity index (χ1v) is 9.62. The van der Waals surface area contributed by atoms with E-state index in [1.807, 2.05) is 6.92 Å². The summed E-state index contributed by atoms with van der Waals surface area (Å²) in [6.07, 6.45) is 2.03. The Morgan fingerprint density at radius 3 is 2.86 bits per heavy atom. The summed E-state index contributed by atoms with van der Waals surface area (Å²) in [4.78, 5) is 11.9. The fourth-order valence-electron chi connectivity index (χ4n) is 2.71. The molecule has 8 heteroatoms. The van der Waals surface area contributed by atoms with Crippen LogP contribution in [0.1, 0.15) is 35.0 Å². The molecule has 0 aliphatic carbocycles. The predicted octanol–water partition coefficient (Wildman–Crippen LogP) is 1.51. The highest BCUT2D eigenvalue weighted by atomic mass is 32.2. The zero-order chi connectivity index (χ0) is 16.3. The number of nitrogens with one attached hydrogen (secondary N) is 2. The van der Waals surface area contributed by atoms with Crippen molar-refractivity contribution >= 4 is 27.3 Å². The van der Waals surface area contributed by atoms with Crippen LogP contribution < -0.4 is 10.0 Å². The Labute approximate surface area is 135 Å². The van der Waals surface area contributed by atoms with Crippen LogP contribution in [0, 0.1) is 12.8 Å². The monoisotopic (exact) mass is 346 g/mol. The van der Waals surface area contributed by atoms with Gasteiger partial charge in [-0.15, -0.1) is 11.3 Å². The van der Waals surface area contributed by atoms with Crippen molar-refractivity contribution in [3.63, 3.8) is 0 Å². The van der Waals surface area contributed by atoms with E-state index >= 15 is 0 Å². The number of methoxy groups -OCH3 is 1. The largest absolute Gasteiger partial charge is 0.465 e. The van der Waals surface area contributed by atoms with Crippen LogP contribution in [0.4, 0.5) is 0 Å². The normalized spacial score (nSPS) is 20.6. The molecule has 1 saturated heterocycles. The zero-order valence-electron chi connectivity index (χ0n) is 13.0. The molecule has 1 aliphatic rings. The molecule has 2 heterocycles. The Morgan fingerprint density at radius 2 is 2.27 bits per heavy atom. The molecule has 1 fully saturated rings. The van der Waals surface area contributed by atoms with E-state index in [9.17, 15) is 13.2 Å². The third-order valence-electron chi connectivity index (χ3n) is 3.94. The number of hydrogen-bond donors (Lipinski definition) is 2. The average molecular weight is 346 g/mol. The van der Waals surface area contributed by atoms with Gasteiger partial charge in [0.1, 0.15) is 9.77 Å². The minimum atomic E-state index is -3.75. The van der Waals surface area contributed by atoms with Crippen LogP contribution >= 0.6 is 11.3 Å². The van der Waals surface area contributed by atoms with Gasteiger partial charge in [0.15, 0.2) is 0 Å². The predicted molar refractivity (Wildman–Crippen MR) is 85.8 cm³/mol. The molecule has 2 atom stereocenters. The number of carbonyl (C=O) groups is 1. The molecule has 0 unspecified atom stereocenters. The Balaban J connectivity index is 2.23. The average Bonchev–Trinajstić information content (AvgIpc) is 2.89. The number of aryl methyl sites for hydroxylation is 1. The number of thiophene rings is 1.